The van der Waals surface area contributed by atoms with Crippen molar-refractivity contribution in [2.24, 2.45) is 0 Å². The second-order valence-electron chi connectivity index (χ2n) is 5.71. The van der Waals surface area contributed by atoms with Gasteiger partial charge < -0.3 is 4.42 Å². The van der Waals surface area contributed by atoms with Gasteiger partial charge in [0.1, 0.15) is 5.76 Å². The quantitative estimate of drug-likeness (QED) is 0.587. The van der Waals surface area contributed by atoms with Gasteiger partial charge in [0.05, 0.1) is 11.4 Å². The monoisotopic (exact) mass is 384 g/mol. The van der Waals surface area contributed by atoms with Crippen LogP contribution in [0.2, 0.25) is 0 Å². The topological polar surface area (TPSA) is 80.9 Å². The van der Waals surface area contributed by atoms with E-state index < -0.39 is 0 Å². The molecule has 3 rings (SSSR count). The number of carbonyl (C=O) groups excluding carboxylic acids is 1. The van der Waals surface area contributed by atoms with E-state index in [9.17, 15) is 4.79 Å². The van der Waals surface area contributed by atoms with Gasteiger partial charge in [0.15, 0.2) is 4.34 Å². The number of hydrogen-bond donors (Lipinski definition) is 1. The van der Waals surface area contributed by atoms with Gasteiger partial charge >= 0.3 is 0 Å². The highest BCUT2D eigenvalue weighted by Gasteiger charge is 2.18. The summed E-state index contributed by atoms with van der Waals surface area (Å²) in [6.07, 6.45) is 6.44. The molecule has 1 aliphatic rings. The molecule has 1 amide bonds. The van der Waals surface area contributed by atoms with Gasteiger partial charge in [-0.1, -0.05) is 54.1 Å². The Kier molecular flexibility index (Phi) is 6.18. The van der Waals surface area contributed by atoms with Crippen molar-refractivity contribution >= 4 is 45.9 Å². The second-order valence-corrected chi connectivity index (χ2v) is 9.16. The maximum absolute atomic E-state index is 12.0. The van der Waals surface area contributed by atoms with Gasteiger partial charge in [0.2, 0.25) is 11.0 Å². The molecular formula is C15H20N4O2S3. The summed E-state index contributed by atoms with van der Waals surface area (Å²) in [6.45, 7) is 3.74. The van der Waals surface area contributed by atoms with E-state index in [2.05, 4.69) is 20.5 Å². The first-order valence-corrected chi connectivity index (χ1v) is 10.6. The van der Waals surface area contributed by atoms with Crippen molar-refractivity contribution < 1.29 is 9.21 Å². The van der Waals surface area contributed by atoms with E-state index in [1.807, 2.05) is 13.8 Å². The van der Waals surface area contributed by atoms with Gasteiger partial charge in [-0.05, 0) is 26.7 Å². The van der Waals surface area contributed by atoms with Crippen molar-refractivity contribution in [2.45, 2.75) is 60.8 Å². The summed E-state index contributed by atoms with van der Waals surface area (Å²) < 4.78 is 6.38. The van der Waals surface area contributed by atoms with Crippen molar-refractivity contribution in [1.29, 1.82) is 0 Å². The number of nitrogens with zero attached hydrogens (tertiary/aromatic N) is 3. The molecule has 0 bridgehead atoms. The number of carbonyl (C=O) groups is 1. The minimum absolute atomic E-state index is 0.126. The molecule has 1 saturated carbocycles. The zero-order valence-corrected chi connectivity index (χ0v) is 16.2. The van der Waals surface area contributed by atoms with Gasteiger partial charge in [-0.25, -0.2) is 4.98 Å². The van der Waals surface area contributed by atoms with Crippen LogP contribution in [0, 0.1) is 13.8 Å². The summed E-state index contributed by atoms with van der Waals surface area (Å²) in [5.41, 5.74) is 0.853. The predicted molar refractivity (Wildman–Crippen MR) is 98.0 cm³/mol. The number of oxazole rings is 1. The number of thioether (sulfide) groups is 2. The Hall–Kier alpha value is -1.06. The fourth-order valence-electron chi connectivity index (χ4n) is 2.42. The Morgan fingerprint density at radius 1 is 1.29 bits per heavy atom. The Morgan fingerprint density at radius 3 is 2.79 bits per heavy atom. The fraction of sp³-hybridized carbons (Fsp3) is 0.600. The van der Waals surface area contributed by atoms with Crippen LogP contribution in [-0.2, 0) is 4.79 Å². The molecule has 0 radical (unpaired) electrons. The highest BCUT2D eigenvalue weighted by molar-refractivity contribution is 8.01. The fourth-order valence-corrected chi connectivity index (χ4v) is 5.41. The molecule has 1 N–H and O–H groups in total. The van der Waals surface area contributed by atoms with E-state index in [0.29, 0.717) is 15.6 Å². The molecular weight excluding hydrogens is 364 g/mol. The van der Waals surface area contributed by atoms with Crippen LogP contribution in [0.15, 0.2) is 14.0 Å². The molecule has 0 aromatic carbocycles. The summed E-state index contributed by atoms with van der Waals surface area (Å²) in [7, 11) is 0. The first kappa shape index (κ1) is 17.8. The normalized spacial score (nSPS) is 15.6. The van der Waals surface area contributed by atoms with Crippen LogP contribution in [0.3, 0.4) is 0 Å². The van der Waals surface area contributed by atoms with Crippen LogP contribution in [0.4, 0.5) is 5.13 Å². The van der Waals surface area contributed by atoms with E-state index in [1.54, 1.807) is 11.8 Å². The standard InChI is InChI=1S/C15H20N4O2S3/c1-9-10(2)21-14(16-9)22-8-12(20)17-13-18-19-15(24-13)23-11-6-4-3-5-7-11/h11H,3-8H2,1-2H3,(H,17,18,20). The Labute approximate surface area is 153 Å². The van der Waals surface area contributed by atoms with Crippen LogP contribution in [-0.4, -0.2) is 32.1 Å². The van der Waals surface area contributed by atoms with Crippen molar-refractivity contribution in [3.63, 3.8) is 0 Å². The SMILES string of the molecule is Cc1nc(SCC(=O)Nc2nnc(SC3CCCCC3)s2)oc1C. The first-order valence-electron chi connectivity index (χ1n) is 7.97. The Morgan fingerprint density at radius 2 is 2.08 bits per heavy atom. The van der Waals surface area contributed by atoms with Crippen LogP contribution in [0.25, 0.3) is 0 Å². The number of rotatable bonds is 6. The average Bonchev–Trinajstić information content (AvgIpc) is 3.13. The second kappa shape index (κ2) is 8.35. The van der Waals surface area contributed by atoms with Gasteiger partial charge in [0.25, 0.3) is 5.22 Å². The smallest absolute Gasteiger partial charge is 0.256 e. The number of hydrogen-bond acceptors (Lipinski definition) is 8. The minimum Gasteiger partial charge on any atom is -0.437 e. The highest BCUT2D eigenvalue weighted by atomic mass is 32.2. The molecule has 1 aliphatic carbocycles. The zero-order chi connectivity index (χ0) is 16.9. The lowest BCUT2D eigenvalue weighted by atomic mass is 10.0. The lowest BCUT2D eigenvalue weighted by molar-refractivity contribution is -0.113. The van der Waals surface area contributed by atoms with E-state index in [4.69, 9.17) is 4.42 Å². The molecule has 130 valence electrons. The summed E-state index contributed by atoms with van der Waals surface area (Å²) in [5, 5.41) is 12.7. The number of amides is 1. The van der Waals surface area contributed by atoms with Gasteiger partial charge in [-0.2, -0.15) is 0 Å². The largest absolute Gasteiger partial charge is 0.437 e. The third-order valence-corrected chi connectivity index (χ3v) is 6.90. The van der Waals surface area contributed by atoms with Gasteiger partial charge in [-0.15, -0.1) is 10.2 Å². The number of aryl methyl sites for hydroxylation is 2. The van der Waals surface area contributed by atoms with Crippen molar-refractivity contribution in [3.8, 4) is 0 Å². The van der Waals surface area contributed by atoms with Crippen molar-refractivity contribution in [2.75, 3.05) is 11.1 Å². The maximum atomic E-state index is 12.0. The lowest BCUT2D eigenvalue weighted by Crippen LogP contribution is -2.13. The third kappa shape index (κ3) is 4.97. The molecule has 0 aliphatic heterocycles. The van der Waals surface area contributed by atoms with Crippen molar-refractivity contribution in [3.05, 3.63) is 11.5 Å². The highest BCUT2D eigenvalue weighted by Crippen LogP contribution is 2.36. The molecule has 2 aromatic rings. The Bertz CT molecular complexity index is 675. The van der Waals surface area contributed by atoms with E-state index >= 15 is 0 Å². The van der Waals surface area contributed by atoms with Crippen LogP contribution in [0.5, 0.6) is 0 Å². The lowest BCUT2D eigenvalue weighted by Gasteiger charge is -2.19. The molecule has 0 unspecified atom stereocenters. The number of anilines is 1. The first-order chi connectivity index (χ1) is 11.6. The summed E-state index contributed by atoms with van der Waals surface area (Å²) in [5.74, 6) is 0.898. The number of nitrogens with one attached hydrogen (secondary N) is 1. The molecule has 1 fully saturated rings. The minimum atomic E-state index is -0.126. The number of aromatic nitrogens is 3. The zero-order valence-electron chi connectivity index (χ0n) is 13.7. The predicted octanol–water partition coefficient (Wildman–Crippen LogP) is 4.30. The summed E-state index contributed by atoms with van der Waals surface area (Å²) >= 11 is 4.51. The summed E-state index contributed by atoms with van der Waals surface area (Å²) in [6, 6.07) is 0. The van der Waals surface area contributed by atoms with Crippen LogP contribution >= 0.6 is 34.9 Å². The molecule has 0 atom stereocenters. The van der Waals surface area contributed by atoms with E-state index in [1.165, 1.54) is 55.2 Å². The Balaban J connectivity index is 1.46. The van der Waals surface area contributed by atoms with Crippen molar-refractivity contribution in [1.82, 2.24) is 15.2 Å². The van der Waals surface area contributed by atoms with E-state index in [0.717, 1.165) is 15.8 Å². The molecule has 0 spiro atoms. The molecule has 6 nitrogen and oxygen atoms in total. The maximum Gasteiger partial charge on any atom is 0.256 e. The molecule has 2 heterocycles. The van der Waals surface area contributed by atoms with Gasteiger partial charge in [0, 0.05) is 5.25 Å². The summed E-state index contributed by atoms with van der Waals surface area (Å²) in [4.78, 5) is 16.3. The van der Waals surface area contributed by atoms with Crippen LogP contribution < -0.4 is 5.32 Å². The van der Waals surface area contributed by atoms with Gasteiger partial charge in [-0.3, -0.25) is 10.1 Å². The molecule has 0 saturated heterocycles. The van der Waals surface area contributed by atoms with E-state index in [-0.39, 0.29) is 11.7 Å². The molecule has 2 aromatic heterocycles. The third-order valence-electron chi connectivity index (χ3n) is 3.81. The molecule has 9 heteroatoms. The average molecular weight is 385 g/mol. The molecule has 24 heavy (non-hydrogen) atoms. The van der Waals surface area contributed by atoms with Crippen LogP contribution in [0.1, 0.15) is 43.6 Å².